The van der Waals surface area contributed by atoms with E-state index in [9.17, 15) is 9.18 Å². The molecule has 0 unspecified atom stereocenters. The lowest BCUT2D eigenvalue weighted by Crippen LogP contribution is -2.58. The standard InChI is InChI=1S/C15H21FN2O/c1-15(2)11-18(10-9-17-15)14(19)8-7-12-5-3-4-6-13(12)16/h3-6,17H,7-11H2,1-2H3. The summed E-state index contributed by atoms with van der Waals surface area (Å²) in [5.41, 5.74) is 0.580. The molecular weight excluding hydrogens is 243 g/mol. The van der Waals surface area contributed by atoms with Crippen LogP contribution in [0, 0.1) is 5.82 Å². The maximum Gasteiger partial charge on any atom is 0.223 e. The van der Waals surface area contributed by atoms with Gasteiger partial charge < -0.3 is 10.2 Å². The molecule has 1 aliphatic heterocycles. The molecule has 1 aliphatic rings. The molecule has 1 saturated heterocycles. The van der Waals surface area contributed by atoms with E-state index in [-0.39, 0.29) is 17.3 Å². The number of benzene rings is 1. The molecule has 1 amide bonds. The van der Waals surface area contributed by atoms with E-state index in [0.29, 0.717) is 24.9 Å². The maximum atomic E-state index is 13.5. The number of halogens is 1. The fourth-order valence-electron chi connectivity index (χ4n) is 2.46. The minimum atomic E-state index is -0.226. The molecule has 3 nitrogen and oxygen atoms in total. The topological polar surface area (TPSA) is 32.3 Å². The third kappa shape index (κ3) is 3.77. The van der Waals surface area contributed by atoms with Crippen molar-refractivity contribution in [2.24, 2.45) is 0 Å². The molecule has 4 heteroatoms. The van der Waals surface area contributed by atoms with Gasteiger partial charge in [-0.2, -0.15) is 0 Å². The van der Waals surface area contributed by atoms with Crippen molar-refractivity contribution in [3.05, 3.63) is 35.6 Å². The van der Waals surface area contributed by atoms with Crippen LogP contribution < -0.4 is 5.32 Å². The van der Waals surface area contributed by atoms with Crippen molar-refractivity contribution < 1.29 is 9.18 Å². The van der Waals surface area contributed by atoms with E-state index in [1.807, 2.05) is 4.90 Å². The monoisotopic (exact) mass is 264 g/mol. The largest absolute Gasteiger partial charge is 0.340 e. The van der Waals surface area contributed by atoms with E-state index < -0.39 is 0 Å². The van der Waals surface area contributed by atoms with E-state index in [4.69, 9.17) is 0 Å². The van der Waals surface area contributed by atoms with Crippen LogP contribution in [0.5, 0.6) is 0 Å². The quantitative estimate of drug-likeness (QED) is 0.905. The lowest BCUT2D eigenvalue weighted by Gasteiger charge is -2.39. The van der Waals surface area contributed by atoms with Crippen molar-refractivity contribution in [3.8, 4) is 0 Å². The molecule has 0 saturated carbocycles. The molecule has 1 aromatic rings. The Balaban J connectivity index is 1.90. The van der Waals surface area contributed by atoms with Crippen LogP contribution in [0.4, 0.5) is 4.39 Å². The predicted molar refractivity (Wildman–Crippen MR) is 73.4 cm³/mol. The summed E-state index contributed by atoms with van der Waals surface area (Å²) in [4.78, 5) is 14.0. The van der Waals surface area contributed by atoms with Gasteiger partial charge in [0.1, 0.15) is 5.82 Å². The molecule has 0 aliphatic carbocycles. The third-order valence-electron chi connectivity index (χ3n) is 3.49. The fraction of sp³-hybridized carbons (Fsp3) is 0.533. The molecule has 1 aromatic carbocycles. The average Bonchev–Trinajstić information content (AvgIpc) is 2.36. The Kier molecular flexibility index (Phi) is 4.20. The second-order valence-electron chi connectivity index (χ2n) is 5.72. The second-order valence-corrected chi connectivity index (χ2v) is 5.72. The average molecular weight is 264 g/mol. The first kappa shape index (κ1) is 14.0. The zero-order chi connectivity index (χ0) is 13.9. The number of carbonyl (C=O) groups excluding carboxylic acids is 1. The Morgan fingerprint density at radius 3 is 2.84 bits per heavy atom. The molecule has 104 valence electrons. The number of piperazine rings is 1. The zero-order valence-corrected chi connectivity index (χ0v) is 11.6. The van der Waals surface area contributed by atoms with Crippen molar-refractivity contribution in [1.82, 2.24) is 10.2 Å². The predicted octanol–water partition coefficient (Wildman–Crippen LogP) is 1.97. The summed E-state index contributed by atoms with van der Waals surface area (Å²) in [6, 6.07) is 6.65. The first-order chi connectivity index (χ1) is 8.98. The van der Waals surface area contributed by atoms with Gasteiger partial charge in [-0.05, 0) is 31.9 Å². The zero-order valence-electron chi connectivity index (χ0n) is 11.6. The van der Waals surface area contributed by atoms with E-state index in [1.165, 1.54) is 6.07 Å². The summed E-state index contributed by atoms with van der Waals surface area (Å²) in [6.07, 6.45) is 0.840. The normalized spacial score (nSPS) is 18.4. The van der Waals surface area contributed by atoms with Crippen LogP contribution in [0.25, 0.3) is 0 Å². The van der Waals surface area contributed by atoms with Crippen molar-refractivity contribution in [2.75, 3.05) is 19.6 Å². The van der Waals surface area contributed by atoms with Crippen LogP contribution in [0.1, 0.15) is 25.8 Å². The molecule has 0 radical (unpaired) electrons. The van der Waals surface area contributed by atoms with E-state index >= 15 is 0 Å². The minimum Gasteiger partial charge on any atom is -0.340 e. The molecule has 2 rings (SSSR count). The van der Waals surface area contributed by atoms with Crippen LogP contribution in [0.15, 0.2) is 24.3 Å². The molecule has 1 heterocycles. The minimum absolute atomic E-state index is 0.0358. The van der Waals surface area contributed by atoms with Crippen molar-refractivity contribution in [2.45, 2.75) is 32.2 Å². The Morgan fingerprint density at radius 1 is 1.42 bits per heavy atom. The highest BCUT2D eigenvalue weighted by Crippen LogP contribution is 2.14. The van der Waals surface area contributed by atoms with Crippen molar-refractivity contribution in [1.29, 1.82) is 0 Å². The maximum absolute atomic E-state index is 13.5. The van der Waals surface area contributed by atoms with Crippen LogP contribution in [0.3, 0.4) is 0 Å². The lowest BCUT2D eigenvalue weighted by atomic mass is 10.0. The number of nitrogens with one attached hydrogen (secondary N) is 1. The van der Waals surface area contributed by atoms with Gasteiger partial charge in [0.25, 0.3) is 0 Å². The van der Waals surface area contributed by atoms with Crippen LogP contribution in [-0.4, -0.2) is 36.0 Å². The number of aryl methyl sites for hydroxylation is 1. The molecule has 19 heavy (non-hydrogen) atoms. The molecular formula is C15H21FN2O. The smallest absolute Gasteiger partial charge is 0.223 e. The Labute approximate surface area is 113 Å². The van der Waals surface area contributed by atoms with Gasteiger partial charge in [-0.15, -0.1) is 0 Å². The number of amides is 1. The molecule has 1 fully saturated rings. The molecule has 0 atom stereocenters. The Morgan fingerprint density at radius 2 is 2.16 bits per heavy atom. The van der Waals surface area contributed by atoms with E-state index in [0.717, 1.165) is 13.1 Å². The van der Waals surface area contributed by atoms with Gasteiger partial charge in [-0.25, -0.2) is 4.39 Å². The Bertz CT molecular complexity index is 459. The van der Waals surface area contributed by atoms with E-state index in [1.54, 1.807) is 18.2 Å². The molecule has 1 N–H and O–H groups in total. The number of carbonyl (C=O) groups is 1. The first-order valence-electron chi connectivity index (χ1n) is 6.74. The highest BCUT2D eigenvalue weighted by Gasteiger charge is 2.28. The fourth-order valence-corrected chi connectivity index (χ4v) is 2.46. The highest BCUT2D eigenvalue weighted by atomic mass is 19.1. The van der Waals surface area contributed by atoms with Gasteiger partial charge in [0.15, 0.2) is 0 Å². The molecule has 0 bridgehead atoms. The number of hydrogen-bond acceptors (Lipinski definition) is 2. The summed E-state index contributed by atoms with van der Waals surface area (Å²) in [7, 11) is 0. The van der Waals surface area contributed by atoms with Gasteiger partial charge in [-0.3, -0.25) is 4.79 Å². The van der Waals surface area contributed by atoms with Gasteiger partial charge >= 0.3 is 0 Å². The van der Waals surface area contributed by atoms with Gasteiger partial charge in [-0.1, -0.05) is 18.2 Å². The van der Waals surface area contributed by atoms with Gasteiger partial charge in [0, 0.05) is 31.6 Å². The van der Waals surface area contributed by atoms with Crippen LogP contribution in [0.2, 0.25) is 0 Å². The van der Waals surface area contributed by atoms with Gasteiger partial charge in [0.2, 0.25) is 5.91 Å². The number of nitrogens with zero attached hydrogens (tertiary/aromatic N) is 1. The second kappa shape index (κ2) is 5.70. The summed E-state index contributed by atoms with van der Waals surface area (Å²) in [5, 5.41) is 3.37. The van der Waals surface area contributed by atoms with Crippen LogP contribution in [-0.2, 0) is 11.2 Å². The summed E-state index contributed by atoms with van der Waals surface area (Å²) in [5.74, 6) is -0.117. The number of rotatable bonds is 3. The summed E-state index contributed by atoms with van der Waals surface area (Å²) >= 11 is 0. The Hall–Kier alpha value is -1.42. The molecule has 0 aromatic heterocycles. The van der Waals surface area contributed by atoms with Gasteiger partial charge in [0.05, 0.1) is 0 Å². The van der Waals surface area contributed by atoms with E-state index in [2.05, 4.69) is 19.2 Å². The first-order valence-corrected chi connectivity index (χ1v) is 6.74. The van der Waals surface area contributed by atoms with Crippen LogP contribution >= 0.6 is 0 Å². The summed E-state index contributed by atoms with van der Waals surface area (Å²) in [6.45, 7) is 6.44. The summed E-state index contributed by atoms with van der Waals surface area (Å²) < 4.78 is 13.5. The highest BCUT2D eigenvalue weighted by molar-refractivity contribution is 5.76. The number of hydrogen-bond donors (Lipinski definition) is 1. The molecule has 0 spiro atoms. The van der Waals surface area contributed by atoms with Crippen molar-refractivity contribution in [3.63, 3.8) is 0 Å². The SMILES string of the molecule is CC1(C)CN(C(=O)CCc2ccccc2F)CCN1. The lowest BCUT2D eigenvalue weighted by molar-refractivity contribution is -0.133. The van der Waals surface area contributed by atoms with Crippen molar-refractivity contribution >= 4 is 5.91 Å². The third-order valence-corrected chi connectivity index (χ3v) is 3.49.